The number of aromatic hydroxyl groups is 2. The third kappa shape index (κ3) is 11.8. The molecule has 0 aliphatic carbocycles. The van der Waals surface area contributed by atoms with E-state index in [1.807, 2.05) is 6.92 Å². The second-order valence-corrected chi connectivity index (χ2v) is 21.0. The lowest BCUT2D eigenvalue weighted by atomic mass is 10.1. The molecule has 1 aromatic heterocycles. The van der Waals surface area contributed by atoms with Gasteiger partial charge in [-0.05, 0) is 120 Å². The number of aryl methyl sites for hydroxylation is 2. The number of hydrogen-bond donors (Lipinski definition) is 7. The summed E-state index contributed by atoms with van der Waals surface area (Å²) in [6.45, 7) is 3.60. The molecule has 0 bridgehead atoms. The van der Waals surface area contributed by atoms with Crippen LogP contribution < -0.4 is 4.74 Å². The lowest BCUT2D eigenvalue weighted by Gasteiger charge is -2.11. The Morgan fingerprint density at radius 3 is 1.88 bits per heavy atom. The van der Waals surface area contributed by atoms with Crippen LogP contribution in [-0.2, 0) is 48.4 Å². The molecule has 0 spiro atoms. The first-order valence-electron chi connectivity index (χ1n) is 21.3. The highest BCUT2D eigenvalue weighted by Gasteiger charge is 2.24. The van der Waals surface area contributed by atoms with Crippen molar-refractivity contribution < 1.29 is 84.8 Å². The Hall–Kier alpha value is -7.35. The minimum absolute atomic E-state index is 0.00752. The summed E-state index contributed by atoms with van der Waals surface area (Å²) in [7, 11) is -8.55. The fourth-order valence-electron chi connectivity index (χ4n) is 7.68. The number of ether oxygens (including phenoxy) is 1. The van der Waals surface area contributed by atoms with Gasteiger partial charge < -0.3 is 14.9 Å². The molecule has 0 atom stereocenters. The number of hydrogen-bond acceptors (Lipinski definition) is 27. The molecule has 8 aromatic carbocycles. The number of phenols is 2. The molecule has 396 valence electrons. The molecule has 0 saturated carbocycles. The zero-order valence-corrected chi connectivity index (χ0v) is 43.1. The minimum Gasteiger partial charge on any atom is -0.506 e. The van der Waals surface area contributed by atoms with Gasteiger partial charge >= 0.3 is 0 Å². The Labute approximate surface area is 444 Å². The zero-order valence-electron chi connectivity index (χ0n) is 39.0. The predicted octanol–water partition coefficient (Wildman–Crippen LogP) is 12.9. The molecule has 0 aliphatic rings. The van der Waals surface area contributed by atoms with Crippen LogP contribution in [0.5, 0.6) is 17.2 Å². The van der Waals surface area contributed by atoms with Gasteiger partial charge in [-0.15, -0.1) is 38.5 Å². The van der Waals surface area contributed by atoms with Gasteiger partial charge in [0.2, 0.25) is 0 Å². The smallest absolute Gasteiger partial charge is 0.295 e. The fraction of sp³-hybridized carbons (Fsp3) is 0.0667. The molecule has 77 heavy (non-hydrogen) atoms. The van der Waals surface area contributed by atoms with Crippen molar-refractivity contribution in [1.82, 2.24) is 15.0 Å². The number of benzene rings is 8. The first kappa shape index (κ1) is 54.4. The Bertz CT molecular complexity index is 4150. The number of fused-ring (bicyclic) bond motifs is 5. The number of azo groups is 3. The van der Waals surface area contributed by atoms with Gasteiger partial charge in [0.25, 0.3) is 20.2 Å². The second kappa shape index (κ2) is 22.7. The number of phenolic OH excluding ortho intramolecular Hbond substituents is 2. The lowest BCUT2D eigenvalue weighted by molar-refractivity contribution is -0.432. The number of nitrogens with zero attached hydrogens (tertiary/aromatic N) is 9. The van der Waals surface area contributed by atoms with Gasteiger partial charge in [-0.1, -0.05) is 27.2 Å². The van der Waals surface area contributed by atoms with Crippen molar-refractivity contribution in [3.05, 3.63) is 114 Å². The molecule has 0 radical (unpaired) electrons. The van der Waals surface area contributed by atoms with E-state index in [1.54, 1.807) is 49.4 Å². The average Bonchev–Trinajstić information content (AvgIpc) is 3.86. The summed E-state index contributed by atoms with van der Waals surface area (Å²) in [6.07, 6.45) is 0. The molecule has 32 heteroatoms. The van der Waals surface area contributed by atoms with Crippen molar-refractivity contribution >= 4 is 134 Å². The monoisotopic (exact) mass is 1150 g/mol. The Kier molecular flexibility index (Phi) is 16.0. The van der Waals surface area contributed by atoms with Crippen LogP contribution in [0.1, 0.15) is 11.1 Å². The van der Waals surface area contributed by atoms with Gasteiger partial charge in [-0.3, -0.25) is 9.11 Å². The van der Waals surface area contributed by atoms with Gasteiger partial charge in [0, 0.05) is 38.1 Å². The molecule has 7 N–H and O–H groups in total. The number of aromatic nitrogens is 3. The van der Waals surface area contributed by atoms with Crippen LogP contribution in [0.25, 0.3) is 49.0 Å². The lowest BCUT2D eigenvalue weighted by Crippen LogP contribution is -2.04. The van der Waals surface area contributed by atoms with E-state index in [2.05, 4.69) is 64.7 Å². The number of rotatable bonds is 19. The van der Waals surface area contributed by atoms with E-state index in [9.17, 15) is 36.2 Å². The van der Waals surface area contributed by atoms with Crippen molar-refractivity contribution in [2.45, 2.75) is 38.3 Å². The van der Waals surface area contributed by atoms with Crippen LogP contribution >= 0.6 is 36.1 Å². The second-order valence-electron chi connectivity index (χ2n) is 15.9. The maximum atomic E-state index is 12.2. The summed E-state index contributed by atoms with van der Waals surface area (Å²) < 4.78 is 87.7. The van der Waals surface area contributed by atoms with E-state index in [4.69, 9.17) is 24.8 Å². The van der Waals surface area contributed by atoms with Gasteiger partial charge in [0.15, 0.2) is 5.75 Å². The molecule has 1 heterocycles. The van der Waals surface area contributed by atoms with Crippen LogP contribution in [0.4, 0.5) is 34.1 Å². The maximum Gasteiger partial charge on any atom is 0.295 e. The van der Waals surface area contributed by atoms with Crippen molar-refractivity contribution in [1.29, 1.82) is 0 Å². The first-order chi connectivity index (χ1) is 36.9. The van der Waals surface area contributed by atoms with Crippen LogP contribution in [0, 0.1) is 13.8 Å². The summed E-state index contributed by atoms with van der Waals surface area (Å²) in [5, 5.41) is 96.8. The molecule has 0 saturated heterocycles. The molecule has 0 unspecified atom stereocenters. The topological polar surface area (TPSA) is 379 Å². The highest BCUT2D eigenvalue weighted by atomic mass is 32.2. The summed E-state index contributed by atoms with van der Waals surface area (Å²) in [5.74, 6) is -0.713. The fourth-order valence-corrected chi connectivity index (χ4v) is 10.6. The van der Waals surface area contributed by atoms with E-state index in [0.717, 1.165) is 40.3 Å². The SMILES string of the molecule is COc1cc(N=Nc2c(SOOO)cc3cc(-n4nc5ccc6c(S(=O)(=O)O)cc(S(=O)(=O)O)cc6c5n4)ccc3c2O)c(O)cc1N=Nc1cc(C)c(N=Nc2ccc3c(SOOO)cc(SOOO)cc3c2)cc1C. The van der Waals surface area contributed by atoms with Crippen LogP contribution in [0.3, 0.4) is 0 Å². The van der Waals surface area contributed by atoms with Crippen LogP contribution in [-0.4, -0.2) is 74.0 Å². The first-order valence-corrected chi connectivity index (χ1v) is 26.4. The van der Waals surface area contributed by atoms with E-state index < -0.39 is 41.5 Å². The molecule has 27 nitrogen and oxygen atoms in total. The van der Waals surface area contributed by atoms with Crippen molar-refractivity contribution in [2.75, 3.05) is 7.11 Å². The summed E-state index contributed by atoms with van der Waals surface area (Å²) in [6, 6.07) is 25.0. The van der Waals surface area contributed by atoms with E-state index >= 15 is 0 Å². The van der Waals surface area contributed by atoms with Gasteiger partial charge in [0.05, 0.1) is 75.8 Å². The average molecular weight is 1150 g/mol. The van der Waals surface area contributed by atoms with Crippen molar-refractivity contribution in [3.63, 3.8) is 0 Å². The van der Waals surface area contributed by atoms with Crippen LogP contribution in [0.15, 0.2) is 158 Å². The highest BCUT2D eigenvalue weighted by Crippen LogP contribution is 2.47. The predicted molar refractivity (Wildman–Crippen MR) is 274 cm³/mol. The summed E-state index contributed by atoms with van der Waals surface area (Å²) in [5.41, 5.74) is 3.12. The van der Waals surface area contributed by atoms with Crippen molar-refractivity contribution in [2.24, 2.45) is 30.7 Å². The summed E-state index contributed by atoms with van der Waals surface area (Å²) >= 11 is 1.90. The van der Waals surface area contributed by atoms with E-state index in [-0.39, 0.29) is 60.6 Å². The van der Waals surface area contributed by atoms with Gasteiger partial charge in [-0.25, -0.2) is 15.8 Å². The highest BCUT2D eigenvalue weighted by molar-refractivity contribution is 7.95. The molecular formula is C45H33N9O18S5. The Morgan fingerprint density at radius 2 is 1.19 bits per heavy atom. The largest absolute Gasteiger partial charge is 0.506 e. The van der Waals surface area contributed by atoms with Crippen LogP contribution in [0.2, 0.25) is 0 Å². The molecule has 9 rings (SSSR count). The molecular weight excluding hydrogens is 1110 g/mol. The third-order valence-electron chi connectivity index (χ3n) is 11.2. The van der Waals surface area contributed by atoms with Gasteiger partial charge in [0.1, 0.15) is 44.5 Å². The zero-order chi connectivity index (χ0) is 54.8. The third-order valence-corrected chi connectivity index (χ3v) is 14.7. The quantitative estimate of drug-likeness (QED) is 0.0130. The van der Waals surface area contributed by atoms with Crippen molar-refractivity contribution in [3.8, 4) is 22.9 Å². The summed E-state index contributed by atoms with van der Waals surface area (Å²) in [4.78, 5) is 0.641. The Morgan fingerprint density at radius 1 is 0.558 bits per heavy atom. The Balaban J connectivity index is 0.969. The standard InChI is InChI=1S/C45H33N9O18S5/c1-21-11-35(22(2)10-34(21)47-46-25-4-6-29-23(12-25)14-27(73-70-67-57)16-40(29)74-71-68-58)48-50-37-19-38(55)36(20-39(37)66-3)49-51-44-41(75-72-69-59)15-24-13-26(5-7-30(24)45(44)56)54-52-33-9-8-31-32(43(33)53-54)17-28(76(60,61)62)18-42(31)77(63,64)65/h4-20,55-59H,1-3H3,(H,60,61,62)(H,63,64,65). The van der Waals surface area contributed by atoms with E-state index in [1.165, 1.54) is 55.6 Å². The minimum atomic E-state index is -4.97. The number of methoxy groups -OCH3 is 1. The normalized spacial score (nSPS) is 12.5. The maximum absolute atomic E-state index is 12.2. The molecule has 0 amide bonds. The molecule has 0 fully saturated rings. The van der Waals surface area contributed by atoms with E-state index in [0.29, 0.717) is 66.9 Å². The van der Waals surface area contributed by atoms with Gasteiger partial charge in [-0.2, -0.15) is 37.0 Å². The molecule has 0 aliphatic heterocycles. The molecule has 9 aromatic rings.